The van der Waals surface area contributed by atoms with Gasteiger partial charge in [0.15, 0.2) is 17.2 Å². The van der Waals surface area contributed by atoms with E-state index >= 15 is 0 Å². The quantitative estimate of drug-likeness (QED) is 0.154. The zero-order chi connectivity index (χ0) is 25.4. The van der Waals surface area contributed by atoms with Crippen LogP contribution in [0.4, 0.5) is 5.82 Å². The Morgan fingerprint density at radius 1 is 1.31 bits per heavy atom. The van der Waals surface area contributed by atoms with Crippen LogP contribution in [0.15, 0.2) is 6.20 Å². The molecule has 14 nitrogen and oxygen atoms in total. The standard InChI is InChI=1S/C19H29ClN5O9P/c1-32-9-19(4-5-26,35(29,30)31)33-8-12-13(27)14(28)17(34-12)25-16-11(7-22-25)15(23-18(20)24-16)21-6-10-2-3-10/h7,10,12-14,17,26-28H,2-6,8-9H2,1H3,(H,21,23,24)(H2,29,30,31)/t12-,13-,14-,17-,19?/m1/s1. The molecule has 4 rings (SSSR count). The lowest BCUT2D eigenvalue weighted by molar-refractivity contribution is -0.118. The maximum atomic E-state index is 12.1. The van der Waals surface area contributed by atoms with Crippen LogP contribution < -0.4 is 5.32 Å². The molecule has 2 aromatic rings. The van der Waals surface area contributed by atoms with Crippen molar-refractivity contribution in [2.45, 2.75) is 49.1 Å². The zero-order valence-corrected chi connectivity index (χ0v) is 20.5. The van der Waals surface area contributed by atoms with Crippen molar-refractivity contribution in [1.82, 2.24) is 19.7 Å². The summed E-state index contributed by atoms with van der Waals surface area (Å²) < 4.78 is 29.6. The van der Waals surface area contributed by atoms with E-state index in [1.807, 2.05) is 0 Å². The van der Waals surface area contributed by atoms with E-state index in [9.17, 15) is 29.7 Å². The van der Waals surface area contributed by atoms with Gasteiger partial charge in [0.1, 0.15) is 24.1 Å². The van der Waals surface area contributed by atoms with Crippen molar-refractivity contribution >= 4 is 36.0 Å². The van der Waals surface area contributed by atoms with Gasteiger partial charge < -0.3 is 44.6 Å². The number of nitrogens with zero attached hydrogens (tertiary/aromatic N) is 4. The summed E-state index contributed by atoms with van der Waals surface area (Å²) in [7, 11) is -3.68. The molecule has 0 bridgehead atoms. The van der Waals surface area contributed by atoms with E-state index < -0.39 is 63.7 Å². The van der Waals surface area contributed by atoms with Crippen molar-refractivity contribution in [2.75, 3.05) is 38.8 Å². The molecule has 1 saturated carbocycles. The van der Waals surface area contributed by atoms with Gasteiger partial charge in [-0.25, -0.2) is 4.68 Å². The van der Waals surface area contributed by atoms with E-state index in [0.717, 1.165) is 19.4 Å². The van der Waals surface area contributed by atoms with Gasteiger partial charge in [0, 0.05) is 26.7 Å². The smallest absolute Gasteiger partial charge is 0.359 e. The molecule has 5 atom stereocenters. The van der Waals surface area contributed by atoms with Crippen molar-refractivity contribution in [3.8, 4) is 0 Å². The minimum absolute atomic E-state index is 0.0412. The molecule has 35 heavy (non-hydrogen) atoms. The number of aliphatic hydroxyl groups is 3. The summed E-state index contributed by atoms with van der Waals surface area (Å²) in [6.45, 7) is -0.871. The largest absolute Gasteiger partial charge is 0.396 e. The zero-order valence-electron chi connectivity index (χ0n) is 18.9. The van der Waals surface area contributed by atoms with Gasteiger partial charge in [-0.2, -0.15) is 15.1 Å². The Kier molecular flexibility index (Phi) is 7.98. The van der Waals surface area contributed by atoms with Crippen molar-refractivity contribution in [2.24, 2.45) is 5.92 Å². The van der Waals surface area contributed by atoms with Gasteiger partial charge in [-0.15, -0.1) is 0 Å². The molecule has 6 N–H and O–H groups in total. The average Bonchev–Trinajstić information content (AvgIpc) is 3.47. The van der Waals surface area contributed by atoms with Gasteiger partial charge in [-0.3, -0.25) is 4.57 Å². The van der Waals surface area contributed by atoms with Gasteiger partial charge >= 0.3 is 7.60 Å². The molecule has 2 aliphatic rings. The average molecular weight is 538 g/mol. The number of methoxy groups -OCH3 is 1. The Bertz CT molecular complexity index is 1070. The van der Waals surface area contributed by atoms with Crippen LogP contribution in [0.3, 0.4) is 0 Å². The van der Waals surface area contributed by atoms with E-state index in [-0.39, 0.29) is 10.9 Å². The summed E-state index contributed by atoms with van der Waals surface area (Å²) in [5.74, 6) is 1.06. The number of halogens is 1. The highest BCUT2D eigenvalue weighted by molar-refractivity contribution is 7.53. The first-order valence-corrected chi connectivity index (χ1v) is 13.0. The highest BCUT2D eigenvalue weighted by atomic mass is 35.5. The molecular formula is C19H29ClN5O9P. The fraction of sp³-hybridized carbons (Fsp3) is 0.737. The molecular weight excluding hydrogens is 509 g/mol. The third-order valence-electron chi connectivity index (χ3n) is 6.18. The highest BCUT2D eigenvalue weighted by Crippen LogP contribution is 2.53. The number of hydrogen-bond donors (Lipinski definition) is 6. The Labute approximate surface area is 205 Å². The molecule has 2 fully saturated rings. The molecule has 0 spiro atoms. The van der Waals surface area contributed by atoms with Crippen LogP contribution in [-0.4, -0.2) is 102 Å². The minimum atomic E-state index is -4.91. The number of anilines is 1. The normalized spacial score (nSPS) is 26.8. The molecule has 1 aliphatic carbocycles. The van der Waals surface area contributed by atoms with Crippen LogP contribution in [0.25, 0.3) is 11.0 Å². The Morgan fingerprint density at radius 3 is 2.69 bits per heavy atom. The molecule has 0 aromatic carbocycles. The maximum absolute atomic E-state index is 12.1. The van der Waals surface area contributed by atoms with E-state index in [1.54, 1.807) is 0 Å². The van der Waals surface area contributed by atoms with Crippen LogP contribution in [0.5, 0.6) is 0 Å². The second-order valence-corrected chi connectivity index (χ2v) is 11.0. The second-order valence-electron chi connectivity index (χ2n) is 8.75. The van der Waals surface area contributed by atoms with Crippen molar-refractivity contribution in [3.05, 3.63) is 11.5 Å². The fourth-order valence-electron chi connectivity index (χ4n) is 3.99. The number of nitrogens with one attached hydrogen (secondary N) is 1. The molecule has 1 saturated heterocycles. The summed E-state index contributed by atoms with van der Waals surface area (Å²) in [4.78, 5) is 28.1. The number of ether oxygens (including phenoxy) is 3. The van der Waals surface area contributed by atoms with E-state index in [4.69, 9.17) is 25.8 Å². The van der Waals surface area contributed by atoms with Crippen molar-refractivity contribution in [3.63, 3.8) is 0 Å². The Morgan fingerprint density at radius 2 is 2.06 bits per heavy atom. The van der Waals surface area contributed by atoms with Crippen LogP contribution in [0, 0.1) is 5.92 Å². The summed E-state index contributed by atoms with van der Waals surface area (Å²) in [5, 5.41) is 36.4. The monoisotopic (exact) mass is 537 g/mol. The molecule has 1 aliphatic heterocycles. The molecule has 0 radical (unpaired) electrons. The summed E-state index contributed by atoms with van der Waals surface area (Å²) in [5.41, 5.74) is 0.269. The van der Waals surface area contributed by atoms with Crippen LogP contribution in [-0.2, 0) is 18.8 Å². The van der Waals surface area contributed by atoms with Gasteiger partial charge in [-0.05, 0) is 30.4 Å². The topological polar surface area (TPSA) is 202 Å². The Hall–Kier alpha value is -1.45. The third-order valence-corrected chi connectivity index (χ3v) is 7.89. The first-order chi connectivity index (χ1) is 16.6. The number of hydrogen-bond acceptors (Lipinski definition) is 11. The molecule has 0 amide bonds. The second kappa shape index (κ2) is 10.5. The van der Waals surface area contributed by atoms with E-state index in [0.29, 0.717) is 17.1 Å². The van der Waals surface area contributed by atoms with Crippen LogP contribution in [0.1, 0.15) is 25.5 Å². The van der Waals surface area contributed by atoms with Gasteiger partial charge in [0.05, 0.1) is 24.8 Å². The van der Waals surface area contributed by atoms with Crippen molar-refractivity contribution < 1.29 is 43.9 Å². The highest BCUT2D eigenvalue weighted by Gasteiger charge is 2.51. The summed E-state index contributed by atoms with van der Waals surface area (Å²) in [6.07, 6.45) is -1.96. The first-order valence-electron chi connectivity index (χ1n) is 11.1. The molecule has 1 unspecified atom stereocenters. The molecule has 3 heterocycles. The summed E-state index contributed by atoms with van der Waals surface area (Å²) in [6, 6.07) is 0. The third kappa shape index (κ3) is 5.47. The summed E-state index contributed by atoms with van der Waals surface area (Å²) >= 11 is 6.10. The Balaban J connectivity index is 1.54. The number of fused-ring (bicyclic) bond motifs is 1. The lowest BCUT2D eigenvalue weighted by Crippen LogP contribution is -2.43. The first kappa shape index (κ1) is 26.6. The lowest BCUT2D eigenvalue weighted by atomic mass is 10.1. The maximum Gasteiger partial charge on any atom is 0.359 e. The number of rotatable bonds is 12. The van der Waals surface area contributed by atoms with Crippen molar-refractivity contribution in [1.29, 1.82) is 0 Å². The van der Waals surface area contributed by atoms with E-state index in [1.165, 1.54) is 18.0 Å². The number of aliphatic hydroxyl groups excluding tert-OH is 3. The van der Waals surface area contributed by atoms with Crippen LogP contribution in [0.2, 0.25) is 5.28 Å². The molecule has 2 aromatic heterocycles. The number of aromatic nitrogens is 4. The minimum Gasteiger partial charge on any atom is -0.396 e. The van der Waals surface area contributed by atoms with Gasteiger partial charge in [0.2, 0.25) is 5.28 Å². The van der Waals surface area contributed by atoms with E-state index in [2.05, 4.69) is 20.4 Å². The fourth-order valence-corrected chi connectivity index (χ4v) is 5.09. The lowest BCUT2D eigenvalue weighted by Gasteiger charge is -2.34. The van der Waals surface area contributed by atoms with Crippen LogP contribution >= 0.6 is 19.2 Å². The van der Waals surface area contributed by atoms with Gasteiger partial charge in [0.25, 0.3) is 0 Å². The predicted octanol–water partition coefficient (Wildman–Crippen LogP) is -0.160. The van der Waals surface area contributed by atoms with Gasteiger partial charge in [-0.1, -0.05) is 0 Å². The molecule has 16 heteroatoms. The predicted molar refractivity (Wildman–Crippen MR) is 122 cm³/mol. The SMILES string of the molecule is COCC(CCO)(OC[C@H]1O[C@@H](n2ncc3c(NCC4CC4)nc(Cl)nc32)[C@H](O)[C@@H]1O)P(=O)(O)O. The molecule has 196 valence electrons.